The van der Waals surface area contributed by atoms with Crippen molar-refractivity contribution in [2.45, 2.75) is 49.9 Å². The van der Waals surface area contributed by atoms with E-state index in [0.717, 1.165) is 0 Å². The second kappa shape index (κ2) is 3.42. The molecule has 0 aromatic rings. The van der Waals surface area contributed by atoms with Crippen LogP contribution in [0.2, 0.25) is 0 Å². The van der Waals surface area contributed by atoms with Gasteiger partial charge in [0.05, 0.1) is 22.2 Å². The Morgan fingerprint density at radius 2 is 1.38 bits per heavy atom. The molecule has 0 bridgehead atoms. The number of hydrogen-bond donors (Lipinski definition) is 4. The second-order valence-electron chi connectivity index (χ2n) is 5.35. The third-order valence-electron chi connectivity index (χ3n) is 5.38. The zero-order valence-electron chi connectivity index (χ0n) is 11.2. The molecule has 1 saturated carbocycles. The molecule has 0 saturated heterocycles. The SMILES string of the molecule is C=NNC1(C)C(C)(N)C(C)(NC)C1(C)NC. The quantitative estimate of drug-likeness (QED) is 0.391. The lowest BCUT2D eigenvalue weighted by atomic mass is 9.40. The average Bonchev–Trinajstić information content (AvgIpc) is 2.25. The van der Waals surface area contributed by atoms with Crippen LogP contribution in [0.15, 0.2) is 5.10 Å². The van der Waals surface area contributed by atoms with E-state index in [2.05, 4.69) is 48.6 Å². The van der Waals surface area contributed by atoms with Crippen molar-refractivity contribution in [1.82, 2.24) is 16.1 Å². The van der Waals surface area contributed by atoms with E-state index in [1.807, 2.05) is 21.0 Å². The minimum absolute atomic E-state index is 0.223. The van der Waals surface area contributed by atoms with Gasteiger partial charge in [-0.05, 0) is 41.8 Å². The van der Waals surface area contributed by atoms with Gasteiger partial charge >= 0.3 is 0 Å². The summed E-state index contributed by atoms with van der Waals surface area (Å²) in [5, 5.41) is 10.5. The molecule has 0 heterocycles. The highest BCUT2D eigenvalue weighted by molar-refractivity contribution is 5.43. The van der Waals surface area contributed by atoms with Crippen LogP contribution in [-0.4, -0.2) is 43.0 Å². The Morgan fingerprint density at radius 1 is 0.938 bits per heavy atom. The van der Waals surface area contributed by atoms with E-state index in [1.165, 1.54) is 0 Å². The Labute approximate surface area is 98.2 Å². The van der Waals surface area contributed by atoms with E-state index in [4.69, 9.17) is 5.73 Å². The predicted molar refractivity (Wildman–Crippen MR) is 68.6 cm³/mol. The molecule has 16 heavy (non-hydrogen) atoms. The summed E-state index contributed by atoms with van der Waals surface area (Å²) in [6.45, 7) is 11.9. The van der Waals surface area contributed by atoms with Crippen molar-refractivity contribution < 1.29 is 0 Å². The fraction of sp³-hybridized carbons (Fsp3) is 0.909. The van der Waals surface area contributed by atoms with E-state index in [0.29, 0.717) is 0 Å². The van der Waals surface area contributed by atoms with E-state index in [9.17, 15) is 0 Å². The summed E-state index contributed by atoms with van der Waals surface area (Å²) in [4.78, 5) is 0. The largest absolute Gasteiger partial charge is 0.322 e. The Kier molecular flexibility index (Phi) is 2.87. The van der Waals surface area contributed by atoms with Crippen LogP contribution < -0.4 is 21.8 Å². The first-order valence-corrected chi connectivity index (χ1v) is 5.58. The van der Waals surface area contributed by atoms with Gasteiger partial charge in [0.2, 0.25) is 0 Å². The Bertz CT molecular complexity index is 303. The lowest BCUT2D eigenvalue weighted by Crippen LogP contribution is -3.02. The van der Waals surface area contributed by atoms with Gasteiger partial charge in [0, 0.05) is 6.72 Å². The summed E-state index contributed by atoms with van der Waals surface area (Å²) in [7, 11) is 3.87. The summed E-state index contributed by atoms with van der Waals surface area (Å²) in [5.41, 5.74) is 8.26. The molecule has 0 aromatic carbocycles. The highest BCUT2D eigenvalue weighted by Gasteiger charge is 2.78. The van der Waals surface area contributed by atoms with E-state index in [1.54, 1.807) is 0 Å². The molecule has 0 spiro atoms. The first-order valence-electron chi connectivity index (χ1n) is 5.58. The number of hydrazone groups is 1. The van der Waals surface area contributed by atoms with Crippen LogP contribution in [0.3, 0.4) is 0 Å². The third-order valence-corrected chi connectivity index (χ3v) is 5.38. The van der Waals surface area contributed by atoms with Gasteiger partial charge in [-0.1, -0.05) is 0 Å². The van der Waals surface area contributed by atoms with Gasteiger partial charge in [0.1, 0.15) is 0 Å². The van der Waals surface area contributed by atoms with Crippen molar-refractivity contribution in [3.05, 3.63) is 0 Å². The molecule has 0 aromatic heterocycles. The molecular weight excluding hydrogens is 202 g/mol. The number of rotatable bonds is 4. The molecule has 5 nitrogen and oxygen atoms in total. The normalized spacial score (nSPS) is 51.9. The molecule has 1 fully saturated rings. The topological polar surface area (TPSA) is 74.5 Å². The Morgan fingerprint density at radius 3 is 1.69 bits per heavy atom. The standard InChI is InChI=1S/C11H25N5/c1-8(12)9(2,13-5)11(4,14-6)10(8,3)16-15-7/h13-14,16H,7,12H2,1-6H3. The fourth-order valence-corrected chi connectivity index (χ4v) is 3.37. The second-order valence-corrected chi connectivity index (χ2v) is 5.35. The number of nitrogens with one attached hydrogen (secondary N) is 3. The maximum absolute atomic E-state index is 6.47. The molecule has 5 N–H and O–H groups in total. The van der Waals surface area contributed by atoms with Crippen LogP contribution in [0, 0.1) is 0 Å². The summed E-state index contributed by atoms with van der Waals surface area (Å²) in [5.74, 6) is 0. The van der Waals surface area contributed by atoms with Crippen molar-refractivity contribution in [3.63, 3.8) is 0 Å². The maximum atomic E-state index is 6.47. The zero-order chi connectivity index (χ0) is 12.8. The van der Waals surface area contributed by atoms with Crippen molar-refractivity contribution in [2.24, 2.45) is 10.8 Å². The highest BCUT2D eigenvalue weighted by Crippen LogP contribution is 2.55. The highest BCUT2D eigenvalue weighted by atomic mass is 15.4. The first-order chi connectivity index (χ1) is 7.18. The van der Waals surface area contributed by atoms with Crippen molar-refractivity contribution in [1.29, 1.82) is 0 Å². The van der Waals surface area contributed by atoms with Gasteiger partial charge in [0.25, 0.3) is 0 Å². The van der Waals surface area contributed by atoms with Crippen LogP contribution in [0.4, 0.5) is 0 Å². The van der Waals surface area contributed by atoms with Gasteiger partial charge in [-0.3, -0.25) is 0 Å². The monoisotopic (exact) mass is 227 g/mol. The zero-order valence-corrected chi connectivity index (χ0v) is 11.2. The van der Waals surface area contributed by atoms with Gasteiger partial charge in [-0.2, -0.15) is 5.10 Å². The van der Waals surface area contributed by atoms with Crippen LogP contribution in [0.5, 0.6) is 0 Å². The third kappa shape index (κ3) is 0.990. The summed E-state index contributed by atoms with van der Waals surface area (Å²) in [6, 6.07) is 0. The molecule has 94 valence electrons. The van der Waals surface area contributed by atoms with Crippen LogP contribution in [-0.2, 0) is 0 Å². The van der Waals surface area contributed by atoms with Gasteiger partial charge in [0.15, 0.2) is 0 Å². The number of nitrogens with two attached hydrogens (primary N) is 1. The smallest absolute Gasteiger partial charge is 0.0911 e. The molecule has 1 rings (SSSR count). The van der Waals surface area contributed by atoms with Gasteiger partial charge < -0.3 is 21.8 Å². The fourth-order valence-electron chi connectivity index (χ4n) is 3.37. The molecule has 4 unspecified atom stereocenters. The van der Waals surface area contributed by atoms with Gasteiger partial charge in [-0.25, -0.2) is 0 Å². The summed E-state index contributed by atoms with van der Waals surface area (Å²) in [6.07, 6.45) is 0. The van der Waals surface area contributed by atoms with Crippen molar-refractivity contribution in [3.8, 4) is 0 Å². The molecule has 0 radical (unpaired) electrons. The van der Waals surface area contributed by atoms with E-state index < -0.39 is 5.54 Å². The Hall–Kier alpha value is -0.650. The van der Waals surface area contributed by atoms with Crippen LogP contribution in [0.25, 0.3) is 0 Å². The number of nitrogens with zero attached hydrogens (tertiary/aromatic N) is 1. The molecular formula is C11H25N5. The maximum Gasteiger partial charge on any atom is 0.0911 e. The van der Waals surface area contributed by atoms with Gasteiger partial charge in [-0.15, -0.1) is 0 Å². The minimum atomic E-state index is -0.451. The minimum Gasteiger partial charge on any atom is -0.322 e. The van der Waals surface area contributed by atoms with Crippen LogP contribution >= 0.6 is 0 Å². The predicted octanol–water partition coefficient (Wildman–Crippen LogP) is -0.362. The average molecular weight is 227 g/mol. The first kappa shape index (κ1) is 13.4. The van der Waals surface area contributed by atoms with E-state index >= 15 is 0 Å². The van der Waals surface area contributed by atoms with Crippen molar-refractivity contribution in [2.75, 3.05) is 14.1 Å². The Balaban J connectivity index is 3.28. The number of likely N-dealkylation sites (N-methyl/N-ethyl adjacent to an activating group) is 2. The molecule has 1 aliphatic carbocycles. The van der Waals surface area contributed by atoms with Crippen LogP contribution in [0.1, 0.15) is 27.7 Å². The lowest BCUT2D eigenvalue weighted by molar-refractivity contribution is -0.136. The molecule has 5 heteroatoms. The summed E-state index contributed by atoms with van der Waals surface area (Å²) >= 11 is 0. The number of hydrogen-bond acceptors (Lipinski definition) is 5. The molecule has 4 atom stereocenters. The van der Waals surface area contributed by atoms with Crippen molar-refractivity contribution >= 4 is 6.72 Å². The molecule has 1 aliphatic rings. The molecule has 0 amide bonds. The summed E-state index contributed by atoms with van der Waals surface area (Å²) < 4.78 is 0. The van der Waals surface area contributed by atoms with E-state index in [-0.39, 0.29) is 16.6 Å². The molecule has 0 aliphatic heterocycles. The lowest BCUT2D eigenvalue weighted by Gasteiger charge is -2.76.